The van der Waals surface area contributed by atoms with Gasteiger partial charge in [0, 0.05) is 46.8 Å². The molecule has 2 aromatic rings. The van der Waals surface area contributed by atoms with Crippen LogP contribution < -0.4 is 11.1 Å². The van der Waals surface area contributed by atoms with Gasteiger partial charge in [-0.1, -0.05) is 68.3 Å². The van der Waals surface area contributed by atoms with Crippen LogP contribution >= 0.6 is 22.6 Å². The lowest BCUT2D eigenvalue weighted by Crippen LogP contribution is -2.51. The summed E-state index contributed by atoms with van der Waals surface area (Å²) >= 11 is 2.27. The van der Waals surface area contributed by atoms with Crippen molar-refractivity contribution in [1.82, 2.24) is 10.2 Å². The van der Waals surface area contributed by atoms with Crippen LogP contribution in [0.2, 0.25) is 0 Å². The van der Waals surface area contributed by atoms with Gasteiger partial charge in [0.25, 0.3) is 0 Å². The molecule has 0 radical (unpaired) electrons. The number of carbonyl (C=O) groups excluding carboxylic acids is 2. The zero-order valence-electron chi connectivity index (χ0n) is 23.4. The predicted molar refractivity (Wildman–Crippen MR) is 169 cm³/mol. The Kier molecular flexibility index (Phi) is 12.0. The molecule has 3 atom stereocenters. The third kappa shape index (κ3) is 8.06. The van der Waals surface area contributed by atoms with Gasteiger partial charge in [-0.25, -0.2) is 0 Å². The van der Waals surface area contributed by atoms with E-state index in [0.29, 0.717) is 37.2 Å². The summed E-state index contributed by atoms with van der Waals surface area (Å²) in [5.74, 6) is 1.27. The van der Waals surface area contributed by atoms with Crippen molar-refractivity contribution in [3.05, 3.63) is 92.6 Å². The van der Waals surface area contributed by atoms with Gasteiger partial charge in [-0.3, -0.25) is 9.59 Å². The van der Waals surface area contributed by atoms with E-state index < -0.39 is 23.3 Å². The largest absolute Gasteiger partial charge is 0.391 e. The Morgan fingerprint density at radius 1 is 1.12 bits per heavy atom. The molecule has 0 bridgehead atoms. The molecule has 0 spiro atoms. The van der Waals surface area contributed by atoms with E-state index >= 15 is 0 Å². The number of amides is 2. The van der Waals surface area contributed by atoms with Gasteiger partial charge in [0.1, 0.15) is 0 Å². The monoisotopic (exact) mass is 653 g/mol. The van der Waals surface area contributed by atoms with Crippen molar-refractivity contribution in [2.45, 2.75) is 52.2 Å². The molecule has 0 aromatic heterocycles. The van der Waals surface area contributed by atoms with Gasteiger partial charge in [0.2, 0.25) is 11.8 Å². The Bertz CT molecular complexity index is 1260. The smallest absolute Gasteiger partial charge is 0.249 e. The van der Waals surface area contributed by atoms with Crippen LogP contribution in [0, 0.1) is 27.2 Å². The maximum atomic E-state index is 13.7. The van der Waals surface area contributed by atoms with Crippen molar-refractivity contribution in [3.8, 4) is 12.3 Å². The van der Waals surface area contributed by atoms with Crippen molar-refractivity contribution >= 4 is 34.4 Å². The van der Waals surface area contributed by atoms with Gasteiger partial charge in [0.15, 0.2) is 0 Å². The SMILES string of the molecule is C#CC1=CC(C(N)=O)([C@H](Cc2ccccc2)[C@@H](O)CNCc2cccc(I)c2)CC(C(=O)N(CCC)CCC)=C1. The van der Waals surface area contributed by atoms with Gasteiger partial charge in [-0.15, -0.1) is 6.42 Å². The van der Waals surface area contributed by atoms with Crippen LogP contribution in [-0.2, 0) is 22.6 Å². The number of benzene rings is 2. The molecular formula is C33H40IN3O3. The molecule has 2 amide bonds. The molecule has 1 aliphatic rings. The molecule has 4 N–H and O–H groups in total. The van der Waals surface area contributed by atoms with Crippen molar-refractivity contribution in [3.63, 3.8) is 0 Å². The van der Waals surface area contributed by atoms with Crippen LogP contribution in [0.5, 0.6) is 0 Å². The summed E-state index contributed by atoms with van der Waals surface area (Å²) in [5.41, 5.74) is 7.76. The number of aliphatic hydroxyl groups excluding tert-OH is 1. The van der Waals surface area contributed by atoms with Crippen LogP contribution in [-0.4, -0.2) is 47.6 Å². The Hall–Kier alpha value is -2.93. The Labute approximate surface area is 252 Å². The lowest BCUT2D eigenvalue weighted by molar-refractivity contribution is -0.132. The number of rotatable bonds is 14. The first-order chi connectivity index (χ1) is 19.2. The standard InChI is InChI=1S/C33H40IN3O3/c1-4-15-37(16-5-2)31(39)27-17-24(6-3)20-33(21-27,32(35)40)29(19-25-11-8-7-9-12-25)30(38)23-36-22-26-13-10-14-28(34)18-26/h3,7-14,17-18,20,29-30,36,38H,4-5,15-16,19,21-23H2,1-2H3,(H2,35,40)/t29-,30+,33?/m1/s1. The van der Waals surface area contributed by atoms with E-state index in [1.165, 1.54) is 0 Å². The van der Waals surface area contributed by atoms with Crippen molar-refractivity contribution < 1.29 is 14.7 Å². The van der Waals surface area contributed by atoms with Crippen molar-refractivity contribution in [2.75, 3.05) is 19.6 Å². The number of carbonyl (C=O) groups is 2. The van der Waals surface area contributed by atoms with Crippen molar-refractivity contribution in [1.29, 1.82) is 0 Å². The lowest BCUT2D eigenvalue weighted by atomic mass is 9.63. The zero-order valence-corrected chi connectivity index (χ0v) is 25.6. The van der Waals surface area contributed by atoms with E-state index in [1.807, 2.05) is 67.3 Å². The minimum atomic E-state index is -1.34. The minimum absolute atomic E-state index is 0.0850. The summed E-state index contributed by atoms with van der Waals surface area (Å²) in [6.45, 7) is 6.08. The van der Waals surface area contributed by atoms with Crippen LogP contribution in [0.1, 0.15) is 44.2 Å². The van der Waals surface area contributed by atoms with Crippen LogP contribution in [0.3, 0.4) is 0 Å². The molecule has 212 valence electrons. The van der Waals surface area contributed by atoms with E-state index in [9.17, 15) is 14.7 Å². The Morgan fingerprint density at radius 3 is 2.40 bits per heavy atom. The van der Waals surface area contributed by atoms with Crippen LogP contribution in [0.25, 0.3) is 0 Å². The fourth-order valence-electron chi connectivity index (χ4n) is 5.46. The van der Waals surface area contributed by atoms with Gasteiger partial charge in [-0.2, -0.15) is 0 Å². The number of hydrogen-bond acceptors (Lipinski definition) is 4. The molecular weight excluding hydrogens is 613 g/mol. The highest BCUT2D eigenvalue weighted by atomic mass is 127. The summed E-state index contributed by atoms with van der Waals surface area (Å²) in [6.07, 6.45) is 10.4. The van der Waals surface area contributed by atoms with E-state index in [2.05, 4.69) is 39.9 Å². The average Bonchev–Trinajstić information content (AvgIpc) is 2.95. The molecule has 1 aliphatic carbocycles. The number of nitrogens with one attached hydrogen (secondary N) is 1. The maximum Gasteiger partial charge on any atom is 0.249 e. The second kappa shape index (κ2) is 15.2. The number of aliphatic hydroxyl groups is 1. The number of nitrogens with two attached hydrogens (primary N) is 1. The molecule has 0 saturated carbocycles. The highest BCUT2D eigenvalue weighted by molar-refractivity contribution is 14.1. The molecule has 6 nitrogen and oxygen atoms in total. The third-order valence-corrected chi connectivity index (χ3v) is 8.07. The number of halogens is 1. The van der Waals surface area contributed by atoms with Crippen molar-refractivity contribution in [2.24, 2.45) is 17.1 Å². The normalized spacial score (nSPS) is 18.2. The number of hydrogen-bond donors (Lipinski definition) is 3. The molecule has 2 aromatic carbocycles. The maximum absolute atomic E-state index is 13.7. The molecule has 0 saturated heterocycles. The first-order valence-electron chi connectivity index (χ1n) is 13.9. The number of allylic oxidation sites excluding steroid dienone is 2. The highest BCUT2D eigenvalue weighted by Crippen LogP contribution is 2.44. The molecule has 7 heteroatoms. The summed E-state index contributed by atoms with van der Waals surface area (Å²) in [4.78, 5) is 28.9. The Morgan fingerprint density at radius 2 is 1.80 bits per heavy atom. The zero-order chi connectivity index (χ0) is 29.1. The number of primary amides is 1. The predicted octanol–water partition coefficient (Wildman–Crippen LogP) is 4.61. The highest BCUT2D eigenvalue weighted by Gasteiger charge is 2.48. The fraction of sp³-hybridized carbons (Fsp3) is 0.394. The van der Waals surface area contributed by atoms with Gasteiger partial charge >= 0.3 is 0 Å². The second-order valence-electron chi connectivity index (χ2n) is 10.4. The van der Waals surface area contributed by atoms with Crippen LogP contribution in [0.4, 0.5) is 0 Å². The Balaban J connectivity index is 1.98. The summed E-state index contributed by atoms with van der Waals surface area (Å²) in [6, 6.07) is 17.8. The molecule has 1 unspecified atom stereocenters. The summed E-state index contributed by atoms with van der Waals surface area (Å²) < 4.78 is 1.13. The molecule has 0 aliphatic heterocycles. The van der Waals surface area contributed by atoms with E-state index in [4.69, 9.17) is 12.2 Å². The van der Waals surface area contributed by atoms with E-state index in [0.717, 1.165) is 27.5 Å². The summed E-state index contributed by atoms with van der Waals surface area (Å²) in [5, 5.41) is 15.0. The van der Waals surface area contributed by atoms with E-state index in [-0.39, 0.29) is 18.9 Å². The van der Waals surface area contributed by atoms with E-state index in [1.54, 1.807) is 12.2 Å². The third-order valence-electron chi connectivity index (χ3n) is 7.40. The second-order valence-corrected chi connectivity index (χ2v) is 11.7. The van der Waals surface area contributed by atoms with Gasteiger partial charge < -0.3 is 21.1 Å². The van der Waals surface area contributed by atoms with Gasteiger partial charge in [-0.05, 0) is 77.6 Å². The van der Waals surface area contributed by atoms with Crippen LogP contribution in [0.15, 0.2) is 77.9 Å². The first-order valence-corrected chi connectivity index (χ1v) is 15.0. The topological polar surface area (TPSA) is 95.7 Å². The molecule has 3 rings (SSSR count). The lowest BCUT2D eigenvalue weighted by Gasteiger charge is -2.41. The first kappa shape index (κ1) is 31.6. The number of terminal acetylenes is 1. The quantitative estimate of drug-likeness (QED) is 0.205. The number of nitrogens with zero attached hydrogens (tertiary/aromatic N) is 1. The average molecular weight is 654 g/mol. The van der Waals surface area contributed by atoms with Gasteiger partial charge in [0.05, 0.1) is 11.5 Å². The minimum Gasteiger partial charge on any atom is -0.391 e. The summed E-state index contributed by atoms with van der Waals surface area (Å²) in [7, 11) is 0. The fourth-order valence-corrected chi connectivity index (χ4v) is 6.07. The molecule has 0 heterocycles. The molecule has 0 fully saturated rings. The molecule has 40 heavy (non-hydrogen) atoms.